The monoisotopic (exact) mass is 354 g/mol. The molecule has 0 bridgehead atoms. The summed E-state index contributed by atoms with van der Waals surface area (Å²) < 4.78 is 5.86. The highest BCUT2D eigenvalue weighted by molar-refractivity contribution is 5.85. The van der Waals surface area contributed by atoms with Crippen molar-refractivity contribution < 1.29 is 9.53 Å². The number of aryl methyl sites for hydroxylation is 2. The van der Waals surface area contributed by atoms with Crippen LogP contribution in [0.25, 0.3) is 0 Å². The van der Waals surface area contributed by atoms with Crippen molar-refractivity contribution in [2.24, 2.45) is 5.92 Å². The van der Waals surface area contributed by atoms with Gasteiger partial charge in [0, 0.05) is 13.1 Å². The fraction of sp³-hybridized carbons (Fsp3) is 0.632. The second kappa shape index (κ2) is 9.90. The molecule has 0 aliphatic carbocycles. The minimum atomic E-state index is 0. The van der Waals surface area contributed by atoms with Crippen LogP contribution < -0.4 is 10.1 Å². The zero-order valence-electron chi connectivity index (χ0n) is 15.4. The lowest BCUT2D eigenvalue weighted by molar-refractivity contribution is -0.133. The van der Waals surface area contributed by atoms with Crippen LogP contribution in [0.4, 0.5) is 0 Å². The van der Waals surface area contributed by atoms with Crippen LogP contribution >= 0.6 is 12.4 Å². The van der Waals surface area contributed by atoms with Gasteiger partial charge in [-0.1, -0.05) is 6.07 Å². The first kappa shape index (κ1) is 20.8. The first-order chi connectivity index (χ1) is 11.0. The minimum absolute atomic E-state index is 0. The molecular weight excluding hydrogens is 324 g/mol. The Hall–Kier alpha value is -1.26. The highest BCUT2D eigenvalue weighted by atomic mass is 35.5. The summed E-state index contributed by atoms with van der Waals surface area (Å²) in [5.74, 6) is 1.83. The average Bonchev–Trinajstić information content (AvgIpc) is 2.53. The number of nitrogens with zero attached hydrogens (tertiary/aromatic N) is 1. The number of carbonyl (C=O) groups excluding carboxylic acids is 1. The normalized spacial score (nSPS) is 15.1. The number of piperidine rings is 1. The third kappa shape index (κ3) is 5.67. The molecule has 2 rings (SSSR count). The number of amides is 1. The molecule has 1 heterocycles. The molecule has 1 aliphatic heterocycles. The van der Waals surface area contributed by atoms with Crippen LogP contribution in [0, 0.1) is 26.7 Å². The molecule has 0 atom stereocenters. The van der Waals surface area contributed by atoms with Gasteiger partial charge in [-0.2, -0.15) is 0 Å². The van der Waals surface area contributed by atoms with Gasteiger partial charge in [0.15, 0.2) is 0 Å². The fourth-order valence-electron chi connectivity index (χ4n) is 3.23. The number of likely N-dealkylation sites (tertiary alicyclic amines) is 1. The Labute approximate surface area is 152 Å². The number of hydrogen-bond acceptors (Lipinski definition) is 3. The summed E-state index contributed by atoms with van der Waals surface area (Å²) in [5, 5.41) is 3.22. The summed E-state index contributed by atoms with van der Waals surface area (Å²) in [6, 6.07) is 4.21. The molecule has 24 heavy (non-hydrogen) atoms. The summed E-state index contributed by atoms with van der Waals surface area (Å²) in [5.41, 5.74) is 3.59. The Bertz CT molecular complexity index is 540. The quantitative estimate of drug-likeness (QED) is 0.852. The van der Waals surface area contributed by atoms with Gasteiger partial charge in [0.2, 0.25) is 5.91 Å². The molecule has 1 amide bonds. The SMILES string of the molecule is CNCC1CCN(C(=O)CCOc2cc(C)cc(C)c2C)CC1.Cl. The standard InChI is InChI=1S/C19H30N2O2.ClH/c1-14-11-15(2)16(3)18(12-14)23-10-7-19(22)21-8-5-17(6-9-21)13-20-4;/h11-12,17,20H,5-10,13H2,1-4H3;1H. The molecule has 0 aromatic heterocycles. The number of ether oxygens (including phenoxy) is 1. The summed E-state index contributed by atoms with van der Waals surface area (Å²) in [4.78, 5) is 14.3. The van der Waals surface area contributed by atoms with Crippen molar-refractivity contribution in [3.8, 4) is 5.75 Å². The van der Waals surface area contributed by atoms with Crippen LogP contribution in [0.5, 0.6) is 5.75 Å². The summed E-state index contributed by atoms with van der Waals surface area (Å²) in [7, 11) is 1.99. The Morgan fingerprint density at radius 1 is 1.25 bits per heavy atom. The number of rotatable bonds is 6. The first-order valence-corrected chi connectivity index (χ1v) is 8.64. The molecule has 1 aromatic carbocycles. The zero-order chi connectivity index (χ0) is 16.8. The van der Waals surface area contributed by atoms with Gasteiger partial charge in [-0.25, -0.2) is 0 Å². The highest BCUT2D eigenvalue weighted by Crippen LogP contribution is 2.23. The Balaban J connectivity index is 0.00000288. The topological polar surface area (TPSA) is 41.6 Å². The lowest BCUT2D eigenvalue weighted by atomic mass is 9.97. The predicted molar refractivity (Wildman–Crippen MR) is 101 cm³/mol. The number of nitrogens with one attached hydrogen (secondary N) is 1. The number of halogens is 1. The van der Waals surface area contributed by atoms with E-state index in [0.29, 0.717) is 18.9 Å². The number of carbonyl (C=O) groups is 1. The van der Waals surface area contributed by atoms with Gasteiger partial charge in [-0.3, -0.25) is 4.79 Å². The second-order valence-corrected chi connectivity index (χ2v) is 6.69. The van der Waals surface area contributed by atoms with E-state index in [1.165, 1.54) is 11.1 Å². The van der Waals surface area contributed by atoms with E-state index in [1.807, 2.05) is 11.9 Å². The van der Waals surface area contributed by atoms with Gasteiger partial charge in [0.25, 0.3) is 0 Å². The lowest BCUT2D eigenvalue weighted by Gasteiger charge is -2.32. The Morgan fingerprint density at radius 2 is 1.92 bits per heavy atom. The molecule has 1 N–H and O–H groups in total. The molecule has 4 nitrogen and oxygen atoms in total. The van der Waals surface area contributed by atoms with E-state index < -0.39 is 0 Å². The van der Waals surface area contributed by atoms with Crippen molar-refractivity contribution in [1.82, 2.24) is 10.2 Å². The van der Waals surface area contributed by atoms with Gasteiger partial charge in [-0.05, 0) is 75.9 Å². The zero-order valence-corrected chi connectivity index (χ0v) is 16.2. The molecule has 0 spiro atoms. The van der Waals surface area contributed by atoms with Gasteiger partial charge < -0.3 is 15.0 Å². The molecule has 1 aromatic rings. The highest BCUT2D eigenvalue weighted by Gasteiger charge is 2.22. The van der Waals surface area contributed by atoms with E-state index in [-0.39, 0.29) is 18.3 Å². The van der Waals surface area contributed by atoms with Crippen molar-refractivity contribution >= 4 is 18.3 Å². The summed E-state index contributed by atoms with van der Waals surface area (Å²) in [6.45, 7) is 9.51. The third-order valence-corrected chi connectivity index (χ3v) is 4.80. The van der Waals surface area contributed by atoms with Crippen LogP contribution in [-0.2, 0) is 4.79 Å². The van der Waals surface area contributed by atoms with Crippen LogP contribution in [-0.4, -0.2) is 44.1 Å². The maximum absolute atomic E-state index is 12.3. The van der Waals surface area contributed by atoms with E-state index >= 15 is 0 Å². The van der Waals surface area contributed by atoms with Gasteiger partial charge >= 0.3 is 0 Å². The van der Waals surface area contributed by atoms with Crippen molar-refractivity contribution in [2.45, 2.75) is 40.0 Å². The maximum atomic E-state index is 12.3. The van der Waals surface area contributed by atoms with Crippen LogP contribution in [0.2, 0.25) is 0 Å². The first-order valence-electron chi connectivity index (χ1n) is 8.64. The number of benzene rings is 1. The van der Waals surface area contributed by atoms with E-state index in [2.05, 4.69) is 38.2 Å². The third-order valence-electron chi connectivity index (χ3n) is 4.80. The molecule has 1 saturated heterocycles. The fourth-order valence-corrected chi connectivity index (χ4v) is 3.23. The lowest BCUT2D eigenvalue weighted by Crippen LogP contribution is -2.40. The predicted octanol–water partition coefficient (Wildman–Crippen LogP) is 3.26. The summed E-state index contributed by atoms with van der Waals surface area (Å²) >= 11 is 0. The average molecular weight is 355 g/mol. The van der Waals surface area contributed by atoms with Crippen LogP contribution in [0.3, 0.4) is 0 Å². The van der Waals surface area contributed by atoms with Gasteiger partial charge in [-0.15, -0.1) is 12.4 Å². The molecule has 1 aliphatic rings. The minimum Gasteiger partial charge on any atom is -0.493 e. The van der Waals surface area contributed by atoms with Crippen molar-refractivity contribution in [3.05, 3.63) is 28.8 Å². The molecular formula is C19H31ClN2O2. The largest absolute Gasteiger partial charge is 0.493 e. The second-order valence-electron chi connectivity index (χ2n) is 6.69. The van der Waals surface area contributed by atoms with Crippen molar-refractivity contribution in [2.75, 3.05) is 33.3 Å². The molecule has 1 fully saturated rings. The van der Waals surface area contributed by atoms with Gasteiger partial charge in [0.05, 0.1) is 13.0 Å². The van der Waals surface area contributed by atoms with E-state index in [0.717, 1.165) is 43.8 Å². The van der Waals surface area contributed by atoms with Gasteiger partial charge in [0.1, 0.15) is 5.75 Å². The van der Waals surface area contributed by atoms with E-state index in [1.54, 1.807) is 0 Å². The van der Waals surface area contributed by atoms with E-state index in [4.69, 9.17) is 4.74 Å². The summed E-state index contributed by atoms with van der Waals surface area (Å²) in [6.07, 6.45) is 2.66. The molecule has 0 radical (unpaired) electrons. The van der Waals surface area contributed by atoms with Crippen molar-refractivity contribution in [3.63, 3.8) is 0 Å². The van der Waals surface area contributed by atoms with Crippen LogP contribution in [0.1, 0.15) is 36.0 Å². The molecule has 0 saturated carbocycles. The molecule has 5 heteroatoms. The maximum Gasteiger partial charge on any atom is 0.225 e. The van der Waals surface area contributed by atoms with Crippen molar-refractivity contribution in [1.29, 1.82) is 0 Å². The number of hydrogen-bond donors (Lipinski definition) is 1. The molecule has 0 unspecified atom stereocenters. The Morgan fingerprint density at radius 3 is 2.54 bits per heavy atom. The smallest absolute Gasteiger partial charge is 0.225 e. The Kier molecular flexibility index (Phi) is 8.57. The van der Waals surface area contributed by atoms with Crippen LogP contribution in [0.15, 0.2) is 12.1 Å². The molecule has 136 valence electrons. The van der Waals surface area contributed by atoms with E-state index in [9.17, 15) is 4.79 Å².